The molecule has 0 aromatic carbocycles. The van der Waals surface area contributed by atoms with Gasteiger partial charge in [0.25, 0.3) is 0 Å². The molecule has 3 amide bonds. The van der Waals surface area contributed by atoms with Gasteiger partial charge in [-0.05, 0) is 38.4 Å². The normalized spacial score (nSPS) is 20.5. The zero-order valence-corrected chi connectivity index (χ0v) is 29.2. The summed E-state index contributed by atoms with van der Waals surface area (Å²) < 4.78 is 32.9. The molecule has 3 atom stereocenters. The molecule has 46 heavy (non-hydrogen) atoms. The van der Waals surface area contributed by atoms with Gasteiger partial charge in [-0.1, -0.05) is 26.2 Å². The van der Waals surface area contributed by atoms with Crippen LogP contribution < -0.4 is 16.0 Å². The van der Waals surface area contributed by atoms with Gasteiger partial charge >= 0.3 is 0 Å². The third-order valence-electron chi connectivity index (χ3n) is 8.20. The van der Waals surface area contributed by atoms with E-state index in [1.54, 1.807) is 0 Å². The second-order valence-electron chi connectivity index (χ2n) is 12.0. The summed E-state index contributed by atoms with van der Waals surface area (Å²) in [7, 11) is 0. The molecule has 2 fully saturated rings. The number of carbonyl (C=O) groups excluding carboxylic acids is 3. The Morgan fingerprint density at radius 3 is 1.83 bits per heavy atom. The number of unbranched alkanes of at least 4 members (excludes halogenated alkanes) is 3. The van der Waals surface area contributed by atoms with Crippen LogP contribution in [-0.4, -0.2) is 127 Å². The largest absolute Gasteiger partial charge is 0.379 e. The number of nitrogens with one attached hydrogen (secondary N) is 3. The highest BCUT2D eigenvalue weighted by Gasteiger charge is 2.52. The lowest BCUT2D eigenvalue weighted by molar-refractivity contribution is -0.122. The fourth-order valence-corrected chi connectivity index (χ4v) is 7.28. The standard InChI is InChI=1S/C33H61N3O9S/c1-3-4-7-12-34-31(38)11-15-41-17-19-43-21-23-45-25-24-44-22-20-42-18-16-40-14-8-13-35-30(37)10-6-5-9-29-33(2)28(27-46-29)26-32(39)36-33/h28-29H,3-27H2,1-2H3,(H,34,38)(H,35,37)(H,36,39)/t28-,29?,33-/m0/s1. The minimum absolute atomic E-state index is 0.0336. The number of rotatable bonds is 31. The van der Waals surface area contributed by atoms with Crippen LogP contribution >= 0.6 is 11.8 Å². The van der Waals surface area contributed by atoms with Crippen molar-refractivity contribution in [2.24, 2.45) is 5.92 Å². The molecule has 268 valence electrons. The van der Waals surface area contributed by atoms with E-state index in [0.29, 0.717) is 116 Å². The van der Waals surface area contributed by atoms with Crippen molar-refractivity contribution < 1.29 is 42.8 Å². The number of fused-ring (bicyclic) bond motifs is 1. The lowest BCUT2D eigenvalue weighted by Crippen LogP contribution is -2.48. The SMILES string of the molecule is CCCCCNC(=O)CCOCCOCCOCCOCCOCCOCCCNC(=O)CCCCC1SC[C@@H]2CC(=O)N[C@]12C. The molecule has 2 rings (SSSR count). The number of amides is 3. The number of thioether (sulfide) groups is 1. The molecule has 2 aliphatic rings. The quantitative estimate of drug-likeness (QED) is 0.0940. The Morgan fingerprint density at radius 1 is 0.717 bits per heavy atom. The van der Waals surface area contributed by atoms with E-state index in [-0.39, 0.29) is 23.3 Å². The Kier molecular flexibility index (Phi) is 23.4. The van der Waals surface area contributed by atoms with E-state index >= 15 is 0 Å². The minimum Gasteiger partial charge on any atom is -0.379 e. The van der Waals surface area contributed by atoms with Crippen LogP contribution in [0.1, 0.15) is 78.1 Å². The topological polar surface area (TPSA) is 143 Å². The zero-order valence-electron chi connectivity index (χ0n) is 28.4. The molecule has 0 spiro atoms. The summed E-state index contributed by atoms with van der Waals surface area (Å²) in [6.07, 6.45) is 8.57. The summed E-state index contributed by atoms with van der Waals surface area (Å²) in [5.41, 5.74) is -0.0658. The molecule has 0 radical (unpaired) electrons. The first-order valence-corrected chi connectivity index (χ1v) is 18.4. The van der Waals surface area contributed by atoms with E-state index in [1.165, 1.54) is 0 Å². The molecule has 13 heteroatoms. The van der Waals surface area contributed by atoms with Crippen LogP contribution in [0.3, 0.4) is 0 Å². The van der Waals surface area contributed by atoms with E-state index in [0.717, 1.165) is 57.2 Å². The summed E-state index contributed by atoms with van der Waals surface area (Å²) in [5.74, 6) is 1.81. The van der Waals surface area contributed by atoms with Gasteiger partial charge in [0.15, 0.2) is 0 Å². The lowest BCUT2D eigenvalue weighted by atomic mass is 9.84. The van der Waals surface area contributed by atoms with E-state index in [1.807, 2.05) is 11.8 Å². The Hall–Kier alpha value is -1.48. The van der Waals surface area contributed by atoms with Gasteiger partial charge in [0.1, 0.15) is 0 Å². The highest BCUT2D eigenvalue weighted by atomic mass is 32.2. The van der Waals surface area contributed by atoms with E-state index in [9.17, 15) is 14.4 Å². The number of carbonyl (C=O) groups is 3. The Morgan fingerprint density at radius 2 is 1.24 bits per heavy atom. The average Bonchev–Trinajstić information content (AvgIpc) is 3.50. The smallest absolute Gasteiger partial charge is 0.222 e. The van der Waals surface area contributed by atoms with Gasteiger partial charge in [0, 0.05) is 50.1 Å². The van der Waals surface area contributed by atoms with Crippen LogP contribution in [-0.2, 0) is 42.8 Å². The van der Waals surface area contributed by atoms with Crippen LogP contribution in [0.5, 0.6) is 0 Å². The molecule has 0 aliphatic carbocycles. The van der Waals surface area contributed by atoms with Gasteiger partial charge in [0.05, 0.1) is 78.2 Å². The zero-order chi connectivity index (χ0) is 33.1. The summed E-state index contributed by atoms with van der Waals surface area (Å²) >= 11 is 1.97. The van der Waals surface area contributed by atoms with E-state index in [2.05, 4.69) is 29.8 Å². The maximum Gasteiger partial charge on any atom is 0.222 e. The van der Waals surface area contributed by atoms with Crippen LogP contribution in [0.25, 0.3) is 0 Å². The number of ether oxygens (including phenoxy) is 6. The minimum atomic E-state index is -0.0658. The van der Waals surface area contributed by atoms with Crippen molar-refractivity contribution in [2.45, 2.75) is 88.8 Å². The summed E-state index contributed by atoms with van der Waals surface area (Å²) in [6.45, 7) is 11.6. The van der Waals surface area contributed by atoms with E-state index < -0.39 is 0 Å². The Labute approximate surface area is 280 Å². The molecule has 12 nitrogen and oxygen atoms in total. The first kappa shape index (κ1) is 40.7. The van der Waals surface area contributed by atoms with E-state index in [4.69, 9.17) is 28.4 Å². The van der Waals surface area contributed by atoms with Gasteiger partial charge in [-0.2, -0.15) is 11.8 Å². The van der Waals surface area contributed by atoms with Crippen LogP contribution in [0, 0.1) is 5.92 Å². The van der Waals surface area contributed by atoms with Gasteiger partial charge in [0.2, 0.25) is 17.7 Å². The van der Waals surface area contributed by atoms with Crippen molar-refractivity contribution in [3.8, 4) is 0 Å². The fraction of sp³-hybridized carbons (Fsp3) is 0.909. The molecule has 1 unspecified atom stereocenters. The van der Waals surface area contributed by atoms with Gasteiger partial charge < -0.3 is 44.4 Å². The van der Waals surface area contributed by atoms with Gasteiger partial charge in [-0.15, -0.1) is 0 Å². The monoisotopic (exact) mass is 675 g/mol. The Bertz CT molecular complexity index is 825. The second kappa shape index (κ2) is 26.5. The Balaban J connectivity index is 1.21. The molecule has 3 N–H and O–H groups in total. The predicted molar refractivity (Wildman–Crippen MR) is 179 cm³/mol. The average molecular weight is 676 g/mol. The third kappa shape index (κ3) is 18.8. The van der Waals surface area contributed by atoms with Crippen molar-refractivity contribution in [1.82, 2.24) is 16.0 Å². The van der Waals surface area contributed by atoms with Gasteiger partial charge in [-0.3, -0.25) is 14.4 Å². The first-order valence-electron chi connectivity index (χ1n) is 17.4. The van der Waals surface area contributed by atoms with Gasteiger partial charge in [-0.25, -0.2) is 0 Å². The van der Waals surface area contributed by atoms with Crippen molar-refractivity contribution >= 4 is 29.5 Å². The highest BCUT2D eigenvalue weighted by molar-refractivity contribution is 8.00. The third-order valence-corrected chi connectivity index (χ3v) is 9.92. The van der Waals surface area contributed by atoms with Crippen molar-refractivity contribution in [3.63, 3.8) is 0 Å². The lowest BCUT2D eigenvalue weighted by Gasteiger charge is -2.30. The molecule has 0 aromatic rings. The fourth-order valence-electron chi connectivity index (χ4n) is 5.42. The molecule has 2 saturated heterocycles. The summed E-state index contributed by atoms with van der Waals surface area (Å²) in [6, 6.07) is 0. The van der Waals surface area contributed by atoms with Crippen molar-refractivity contribution in [3.05, 3.63) is 0 Å². The van der Waals surface area contributed by atoms with Crippen LogP contribution in [0.2, 0.25) is 0 Å². The number of hydrogen-bond acceptors (Lipinski definition) is 10. The molecular formula is C33H61N3O9S. The molecule has 2 aliphatic heterocycles. The second-order valence-corrected chi connectivity index (χ2v) is 13.2. The number of hydrogen-bond donors (Lipinski definition) is 3. The molecule has 0 aromatic heterocycles. The molecular weight excluding hydrogens is 614 g/mol. The maximum absolute atomic E-state index is 12.1. The highest BCUT2D eigenvalue weighted by Crippen LogP contribution is 2.47. The molecule has 0 bridgehead atoms. The van der Waals surface area contributed by atoms with Crippen molar-refractivity contribution in [2.75, 3.05) is 98.1 Å². The first-order chi connectivity index (χ1) is 22.5. The summed E-state index contributed by atoms with van der Waals surface area (Å²) in [5, 5.41) is 9.51. The van der Waals surface area contributed by atoms with Crippen molar-refractivity contribution in [1.29, 1.82) is 0 Å². The van der Waals surface area contributed by atoms with Crippen LogP contribution in [0.15, 0.2) is 0 Å². The summed E-state index contributed by atoms with van der Waals surface area (Å²) in [4.78, 5) is 35.5. The predicted octanol–water partition coefficient (Wildman–Crippen LogP) is 2.86. The molecule has 2 heterocycles. The van der Waals surface area contributed by atoms with Crippen LogP contribution in [0.4, 0.5) is 0 Å². The maximum atomic E-state index is 12.1. The molecule has 0 saturated carbocycles.